The van der Waals surface area contributed by atoms with Crippen molar-refractivity contribution in [3.8, 4) is 0 Å². The van der Waals surface area contributed by atoms with Crippen molar-refractivity contribution < 1.29 is 9.72 Å². The van der Waals surface area contributed by atoms with Crippen molar-refractivity contribution in [1.29, 1.82) is 0 Å². The van der Waals surface area contributed by atoms with E-state index in [0.717, 1.165) is 10.1 Å². The number of carbonyl (C=O) groups is 1. The van der Waals surface area contributed by atoms with E-state index in [4.69, 9.17) is 0 Å². The first kappa shape index (κ1) is 18.1. The quantitative estimate of drug-likeness (QED) is 0.263. The number of hydrogen-bond donors (Lipinski definition) is 1. The highest BCUT2D eigenvalue weighted by Gasteiger charge is 2.08. The number of aromatic nitrogens is 2. The molecule has 0 unspecified atom stereocenters. The molecule has 0 bridgehead atoms. The van der Waals surface area contributed by atoms with Crippen molar-refractivity contribution >= 4 is 45.9 Å². The van der Waals surface area contributed by atoms with Crippen molar-refractivity contribution in [2.45, 2.75) is 18.2 Å². The summed E-state index contributed by atoms with van der Waals surface area (Å²) < 4.78 is 0.807. The number of non-ortho nitro benzene ring substituents is 1. The second kappa shape index (κ2) is 8.55. The summed E-state index contributed by atoms with van der Waals surface area (Å²) in [7, 11) is 0. The van der Waals surface area contributed by atoms with Crippen molar-refractivity contribution in [2.75, 3.05) is 11.1 Å². The average molecular weight is 364 g/mol. The zero-order chi connectivity index (χ0) is 17.5. The van der Waals surface area contributed by atoms with Gasteiger partial charge in [-0.3, -0.25) is 20.2 Å². The molecule has 0 radical (unpaired) electrons. The molecular formula is C15H16N4O3S2. The molecule has 1 aromatic heterocycles. The first-order valence-corrected chi connectivity index (χ1v) is 8.94. The number of nitrogens with zero attached hydrogens (tertiary/aromatic N) is 3. The summed E-state index contributed by atoms with van der Waals surface area (Å²) in [5.41, 5.74) is 0.554. The third-order valence-corrected chi connectivity index (χ3v) is 5.08. The van der Waals surface area contributed by atoms with Gasteiger partial charge in [-0.2, -0.15) is 0 Å². The zero-order valence-electron chi connectivity index (χ0n) is 13.1. The minimum absolute atomic E-state index is 0.0199. The maximum Gasteiger partial charge on any atom is 0.270 e. The molecule has 126 valence electrons. The standard InChI is InChI=1S/C15H16N4O3S2/c1-10(2)9-23-15-18-17-14(24-15)16-13(20)7-6-11-4-3-5-12(8-11)19(21)22/h3-8,10H,9H2,1-2H3,(H,16,17,20)/b7-6+. The van der Waals surface area contributed by atoms with Gasteiger partial charge in [0.1, 0.15) is 0 Å². The molecule has 1 N–H and O–H groups in total. The molecule has 1 heterocycles. The number of nitro benzene ring substituents is 1. The van der Waals surface area contributed by atoms with E-state index in [1.807, 2.05) is 0 Å². The summed E-state index contributed by atoms with van der Waals surface area (Å²) in [6.45, 7) is 4.24. The lowest BCUT2D eigenvalue weighted by Crippen LogP contribution is -2.07. The first-order valence-electron chi connectivity index (χ1n) is 7.14. The average Bonchev–Trinajstić information content (AvgIpc) is 2.98. The highest BCUT2D eigenvalue weighted by Crippen LogP contribution is 2.26. The fraction of sp³-hybridized carbons (Fsp3) is 0.267. The normalized spacial score (nSPS) is 11.1. The van der Waals surface area contributed by atoms with Gasteiger partial charge >= 0.3 is 0 Å². The summed E-state index contributed by atoms with van der Waals surface area (Å²) in [4.78, 5) is 22.1. The Bertz CT molecular complexity index is 759. The minimum atomic E-state index is -0.477. The Morgan fingerprint density at radius 2 is 2.25 bits per heavy atom. The van der Waals surface area contributed by atoms with Crippen molar-refractivity contribution in [2.24, 2.45) is 5.92 Å². The second-order valence-electron chi connectivity index (χ2n) is 5.25. The van der Waals surface area contributed by atoms with E-state index >= 15 is 0 Å². The van der Waals surface area contributed by atoms with Crippen LogP contribution in [0, 0.1) is 16.0 Å². The van der Waals surface area contributed by atoms with Crippen LogP contribution in [0.3, 0.4) is 0 Å². The SMILES string of the molecule is CC(C)CSc1nnc(NC(=O)/C=C/c2cccc([N+](=O)[O-])c2)s1. The van der Waals surface area contributed by atoms with E-state index in [9.17, 15) is 14.9 Å². The Labute approximate surface area is 147 Å². The molecule has 2 aromatic rings. The Morgan fingerprint density at radius 3 is 2.96 bits per heavy atom. The number of hydrogen-bond acceptors (Lipinski definition) is 7. The Kier molecular flexibility index (Phi) is 6.44. The van der Waals surface area contributed by atoms with Gasteiger partial charge in [0.05, 0.1) is 4.92 Å². The molecule has 1 aromatic carbocycles. The summed E-state index contributed by atoms with van der Waals surface area (Å²) >= 11 is 2.92. The van der Waals surface area contributed by atoms with Crippen LogP contribution in [0.1, 0.15) is 19.4 Å². The number of benzene rings is 1. The number of amides is 1. The summed E-state index contributed by atoms with van der Waals surface area (Å²) in [5, 5.41) is 21.7. The van der Waals surface area contributed by atoms with Gasteiger partial charge < -0.3 is 0 Å². The summed E-state index contributed by atoms with van der Waals surface area (Å²) in [6, 6.07) is 6.05. The second-order valence-corrected chi connectivity index (χ2v) is 7.50. The lowest BCUT2D eigenvalue weighted by Gasteiger charge is -1.99. The molecule has 0 saturated carbocycles. The van der Waals surface area contributed by atoms with E-state index in [-0.39, 0.29) is 11.6 Å². The molecular weight excluding hydrogens is 348 g/mol. The van der Waals surface area contributed by atoms with E-state index in [2.05, 4.69) is 29.4 Å². The molecule has 0 spiro atoms. The van der Waals surface area contributed by atoms with Crippen LogP contribution >= 0.6 is 23.1 Å². The molecule has 0 aliphatic rings. The third-order valence-electron chi connectivity index (χ3n) is 2.68. The smallest absolute Gasteiger partial charge is 0.270 e. The van der Waals surface area contributed by atoms with Gasteiger partial charge in [0.25, 0.3) is 5.69 Å². The molecule has 0 aliphatic carbocycles. The Morgan fingerprint density at radius 1 is 1.46 bits per heavy atom. The van der Waals surface area contributed by atoms with E-state index in [1.54, 1.807) is 23.9 Å². The van der Waals surface area contributed by atoms with Gasteiger partial charge in [-0.1, -0.05) is 49.1 Å². The molecule has 2 rings (SSSR count). The molecule has 0 atom stereocenters. The number of carbonyl (C=O) groups excluding carboxylic acids is 1. The maximum atomic E-state index is 11.9. The van der Waals surface area contributed by atoms with Crippen molar-refractivity contribution in [3.63, 3.8) is 0 Å². The van der Waals surface area contributed by atoms with Crippen LogP contribution in [0.25, 0.3) is 6.08 Å². The maximum absolute atomic E-state index is 11.9. The van der Waals surface area contributed by atoms with Gasteiger partial charge in [0.2, 0.25) is 11.0 Å². The molecule has 1 amide bonds. The van der Waals surface area contributed by atoms with E-state index in [0.29, 0.717) is 16.6 Å². The van der Waals surface area contributed by atoms with Crippen LogP contribution < -0.4 is 5.32 Å². The number of thioether (sulfide) groups is 1. The summed E-state index contributed by atoms with van der Waals surface area (Å²) in [6.07, 6.45) is 2.82. The molecule has 9 heteroatoms. The Hall–Kier alpha value is -2.26. The largest absolute Gasteiger partial charge is 0.297 e. The van der Waals surface area contributed by atoms with Gasteiger partial charge in [-0.05, 0) is 17.6 Å². The third kappa shape index (κ3) is 5.74. The molecule has 24 heavy (non-hydrogen) atoms. The highest BCUT2D eigenvalue weighted by molar-refractivity contribution is 8.01. The zero-order valence-corrected chi connectivity index (χ0v) is 14.8. The number of nitro groups is 1. The van der Waals surface area contributed by atoms with Crippen LogP contribution in [-0.4, -0.2) is 26.8 Å². The monoisotopic (exact) mass is 364 g/mol. The topological polar surface area (TPSA) is 98.0 Å². The Balaban J connectivity index is 1.93. The predicted octanol–water partition coefficient (Wildman–Crippen LogP) is 3.85. The number of anilines is 1. The van der Waals surface area contributed by atoms with Gasteiger partial charge in [-0.15, -0.1) is 10.2 Å². The van der Waals surface area contributed by atoms with Gasteiger partial charge in [0, 0.05) is 24.0 Å². The lowest BCUT2D eigenvalue weighted by atomic mass is 10.2. The van der Waals surface area contributed by atoms with Gasteiger partial charge in [0.15, 0.2) is 4.34 Å². The molecule has 0 fully saturated rings. The fourth-order valence-electron chi connectivity index (χ4n) is 1.62. The summed E-state index contributed by atoms with van der Waals surface area (Å²) in [5.74, 6) is 1.13. The minimum Gasteiger partial charge on any atom is -0.297 e. The fourth-order valence-corrected chi connectivity index (χ4v) is 3.35. The van der Waals surface area contributed by atoms with Crippen LogP contribution in [0.5, 0.6) is 0 Å². The van der Waals surface area contributed by atoms with Crippen LogP contribution in [0.15, 0.2) is 34.7 Å². The van der Waals surface area contributed by atoms with Crippen molar-refractivity contribution in [3.05, 3.63) is 46.0 Å². The van der Waals surface area contributed by atoms with Crippen molar-refractivity contribution in [1.82, 2.24) is 10.2 Å². The highest BCUT2D eigenvalue weighted by atomic mass is 32.2. The van der Waals surface area contributed by atoms with Crippen LogP contribution in [-0.2, 0) is 4.79 Å². The van der Waals surface area contributed by atoms with Gasteiger partial charge in [-0.25, -0.2) is 0 Å². The molecule has 0 aliphatic heterocycles. The van der Waals surface area contributed by atoms with Crippen LogP contribution in [0.4, 0.5) is 10.8 Å². The van der Waals surface area contributed by atoms with E-state index < -0.39 is 4.92 Å². The molecule has 0 saturated heterocycles. The number of nitrogens with one attached hydrogen (secondary N) is 1. The first-order chi connectivity index (χ1) is 11.4. The molecule has 7 nitrogen and oxygen atoms in total. The van der Waals surface area contributed by atoms with Crippen LogP contribution in [0.2, 0.25) is 0 Å². The number of rotatable bonds is 7. The van der Waals surface area contributed by atoms with E-state index in [1.165, 1.54) is 35.6 Å². The lowest BCUT2D eigenvalue weighted by molar-refractivity contribution is -0.384. The predicted molar refractivity (Wildman–Crippen MR) is 96.2 cm³/mol.